The molecule has 0 saturated carbocycles. The van der Waals surface area contributed by atoms with Gasteiger partial charge in [-0.15, -0.1) is 0 Å². The first-order valence-corrected chi connectivity index (χ1v) is 5.88. The van der Waals surface area contributed by atoms with Crippen molar-refractivity contribution in [3.63, 3.8) is 0 Å². The molecule has 106 valence electrons. The zero-order chi connectivity index (χ0) is 14.7. The van der Waals surface area contributed by atoms with E-state index in [2.05, 4.69) is 0 Å². The highest BCUT2D eigenvalue weighted by Crippen LogP contribution is 2.15. The van der Waals surface area contributed by atoms with Crippen LogP contribution in [-0.4, -0.2) is 23.9 Å². The number of likely N-dealkylation sites (N-methyl/N-ethyl adjacent to an activating group) is 1. The van der Waals surface area contributed by atoms with Crippen molar-refractivity contribution in [3.8, 4) is 0 Å². The predicted octanol–water partition coefficient (Wildman–Crippen LogP) is 2.05. The predicted molar refractivity (Wildman–Crippen MR) is 65.6 cm³/mol. The number of nitrogens with zero attached hydrogens (tertiary/aromatic N) is 1. The summed E-state index contributed by atoms with van der Waals surface area (Å²) in [5.41, 5.74) is 5.87. The Bertz CT molecular complexity index is 454. The lowest BCUT2D eigenvalue weighted by atomic mass is 10.0. The summed E-state index contributed by atoms with van der Waals surface area (Å²) in [6.45, 7) is 3.56. The molecule has 0 unspecified atom stereocenters. The second-order valence-corrected chi connectivity index (χ2v) is 4.84. The Morgan fingerprint density at radius 1 is 1.26 bits per heavy atom. The van der Waals surface area contributed by atoms with Crippen molar-refractivity contribution in [2.24, 2.45) is 11.7 Å². The van der Waals surface area contributed by atoms with E-state index in [1.807, 2.05) is 0 Å². The topological polar surface area (TPSA) is 46.3 Å². The van der Waals surface area contributed by atoms with E-state index in [-0.39, 0.29) is 23.9 Å². The van der Waals surface area contributed by atoms with Gasteiger partial charge in [0.05, 0.1) is 6.04 Å². The van der Waals surface area contributed by atoms with E-state index in [1.54, 1.807) is 13.8 Å². The minimum absolute atomic E-state index is 0.0344. The third-order valence-electron chi connectivity index (χ3n) is 2.84. The van der Waals surface area contributed by atoms with Gasteiger partial charge in [-0.25, -0.2) is 13.2 Å². The van der Waals surface area contributed by atoms with Crippen LogP contribution in [0.1, 0.15) is 19.4 Å². The molecule has 6 heteroatoms. The van der Waals surface area contributed by atoms with Crippen LogP contribution in [0.25, 0.3) is 0 Å². The lowest BCUT2D eigenvalue weighted by molar-refractivity contribution is -0.132. The zero-order valence-electron chi connectivity index (χ0n) is 11.1. The monoisotopic (exact) mass is 274 g/mol. The van der Waals surface area contributed by atoms with Crippen molar-refractivity contribution in [3.05, 3.63) is 35.1 Å². The Morgan fingerprint density at radius 2 is 1.74 bits per heavy atom. The maximum absolute atomic E-state index is 13.0. The number of benzene rings is 1. The van der Waals surface area contributed by atoms with Gasteiger partial charge in [0.2, 0.25) is 5.91 Å². The van der Waals surface area contributed by atoms with Gasteiger partial charge in [0, 0.05) is 13.6 Å². The molecule has 1 amide bonds. The van der Waals surface area contributed by atoms with Crippen molar-refractivity contribution in [1.82, 2.24) is 4.90 Å². The van der Waals surface area contributed by atoms with Crippen LogP contribution in [0, 0.1) is 23.4 Å². The molecule has 0 bridgehead atoms. The second kappa shape index (κ2) is 6.06. The number of carbonyl (C=O) groups excluding carboxylic acids is 1. The summed E-state index contributed by atoms with van der Waals surface area (Å²) in [5, 5.41) is 0. The Hall–Kier alpha value is -1.56. The first kappa shape index (κ1) is 15.5. The molecule has 1 rings (SSSR count). The molecule has 0 radical (unpaired) electrons. The highest BCUT2D eigenvalue weighted by Gasteiger charge is 2.21. The van der Waals surface area contributed by atoms with E-state index in [9.17, 15) is 18.0 Å². The molecule has 0 aliphatic rings. The normalized spacial score (nSPS) is 12.6. The maximum Gasteiger partial charge on any atom is 0.239 e. The fourth-order valence-corrected chi connectivity index (χ4v) is 1.59. The fourth-order valence-electron chi connectivity index (χ4n) is 1.59. The molecule has 1 aromatic carbocycles. The highest BCUT2D eigenvalue weighted by molar-refractivity contribution is 5.81. The SMILES string of the molecule is CC(C)[C@H](N)C(=O)N(C)Cc1cc(F)c(F)c(F)c1. The Balaban J connectivity index is 2.83. The van der Waals surface area contributed by atoms with Crippen LogP contribution in [0.3, 0.4) is 0 Å². The summed E-state index contributed by atoms with van der Waals surface area (Å²) in [4.78, 5) is 13.1. The summed E-state index contributed by atoms with van der Waals surface area (Å²) in [5.74, 6) is -4.44. The summed E-state index contributed by atoms with van der Waals surface area (Å²) >= 11 is 0. The quantitative estimate of drug-likeness (QED) is 0.854. The van der Waals surface area contributed by atoms with Crippen LogP contribution < -0.4 is 5.73 Å². The number of rotatable bonds is 4. The number of nitrogens with two attached hydrogens (primary N) is 1. The van der Waals surface area contributed by atoms with Crippen molar-refractivity contribution in [1.29, 1.82) is 0 Å². The van der Waals surface area contributed by atoms with Gasteiger partial charge in [-0.1, -0.05) is 13.8 Å². The molecule has 0 spiro atoms. The number of carbonyl (C=O) groups is 1. The van der Waals surface area contributed by atoms with Gasteiger partial charge in [-0.05, 0) is 23.6 Å². The van der Waals surface area contributed by atoms with Crippen LogP contribution >= 0.6 is 0 Å². The molecule has 0 aromatic heterocycles. The summed E-state index contributed by atoms with van der Waals surface area (Å²) in [6.07, 6.45) is 0. The van der Waals surface area contributed by atoms with Gasteiger partial charge in [0.15, 0.2) is 17.5 Å². The molecule has 1 aromatic rings. The van der Waals surface area contributed by atoms with E-state index in [4.69, 9.17) is 5.73 Å². The molecule has 0 aliphatic carbocycles. The van der Waals surface area contributed by atoms with E-state index in [0.717, 1.165) is 12.1 Å². The van der Waals surface area contributed by atoms with Crippen molar-refractivity contribution < 1.29 is 18.0 Å². The van der Waals surface area contributed by atoms with E-state index >= 15 is 0 Å². The van der Waals surface area contributed by atoms with Crippen molar-refractivity contribution in [2.75, 3.05) is 7.05 Å². The molecule has 2 N–H and O–H groups in total. The fraction of sp³-hybridized carbons (Fsp3) is 0.462. The number of halogens is 3. The Morgan fingerprint density at radius 3 is 2.16 bits per heavy atom. The van der Waals surface area contributed by atoms with Gasteiger partial charge < -0.3 is 10.6 Å². The van der Waals surface area contributed by atoms with Crippen LogP contribution in [0.2, 0.25) is 0 Å². The molecule has 0 heterocycles. The Kier molecular flexibility index (Phi) is 4.94. The molecule has 1 atom stereocenters. The number of hydrogen-bond acceptors (Lipinski definition) is 2. The van der Waals surface area contributed by atoms with Crippen LogP contribution in [0.5, 0.6) is 0 Å². The van der Waals surface area contributed by atoms with Gasteiger partial charge in [-0.3, -0.25) is 4.79 Å². The smallest absolute Gasteiger partial charge is 0.239 e. The highest BCUT2D eigenvalue weighted by atomic mass is 19.2. The van der Waals surface area contributed by atoms with Gasteiger partial charge in [0.25, 0.3) is 0 Å². The lowest BCUT2D eigenvalue weighted by Gasteiger charge is -2.23. The molecule has 0 fully saturated rings. The lowest BCUT2D eigenvalue weighted by Crippen LogP contribution is -2.44. The zero-order valence-corrected chi connectivity index (χ0v) is 11.1. The average Bonchev–Trinajstić information content (AvgIpc) is 2.33. The average molecular weight is 274 g/mol. The van der Waals surface area contributed by atoms with Gasteiger partial charge >= 0.3 is 0 Å². The Labute approximate surface area is 110 Å². The second-order valence-electron chi connectivity index (χ2n) is 4.84. The van der Waals surface area contributed by atoms with E-state index < -0.39 is 23.5 Å². The summed E-state index contributed by atoms with van der Waals surface area (Å²) < 4.78 is 38.9. The standard InChI is InChI=1S/C13H17F3N2O/c1-7(2)12(17)13(19)18(3)6-8-4-9(14)11(16)10(15)5-8/h4-5,7,12H,6,17H2,1-3H3/t12-/m0/s1. The minimum atomic E-state index is -1.52. The first-order valence-electron chi connectivity index (χ1n) is 5.88. The summed E-state index contributed by atoms with van der Waals surface area (Å²) in [7, 11) is 1.48. The number of hydrogen-bond donors (Lipinski definition) is 1. The molecule has 0 saturated heterocycles. The van der Waals surface area contributed by atoms with Crippen LogP contribution in [-0.2, 0) is 11.3 Å². The molecule has 0 aliphatic heterocycles. The molecular weight excluding hydrogens is 257 g/mol. The van der Waals surface area contributed by atoms with E-state index in [1.165, 1.54) is 11.9 Å². The molecule has 19 heavy (non-hydrogen) atoms. The molecule has 3 nitrogen and oxygen atoms in total. The summed E-state index contributed by atoms with van der Waals surface area (Å²) in [6, 6.07) is 1.05. The van der Waals surface area contributed by atoms with E-state index in [0.29, 0.717) is 0 Å². The van der Waals surface area contributed by atoms with Crippen LogP contribution in [0.4, 0.5) is 13.2 Å². The first-order chi connectivity index (χ1) is 8.73. The largest absolute Gasteiger partial charge is 0.340 e. The van der Waals surface area contributed by atoms with Crippen molar-refractivity contribution >= 4 is 5.91 Å². The molecular formula is C13H17F3N2O. The third kappa shape index (κ3) is 3.70. The van der Waals surface area contributed by atoms with Crippen molar-refractivity contribution in [2.45, 2.75) is 26.4 Å². The maximum atomic E-state index is 13.0. The van der Waals surface area contributed by atoms with Gasteiger partial charge in [-0.2, -0.15) is 0 Å². The minimum Gasteiger partial charge on any atom is -0.340 e. The van der Waals surface area contributed by atoms with Crippen LogP contribution in [0.15, 0.2) is 12.1 Å². The van der Waals surface area contributed by atoms with Gasteiger partial charge in [0.1, 0.15) is 0 Å². The number of amides is 1. The third-order valence-corrected chi connectivity index (χ3v) is 2.84.